The molecule has 0 aliphatic carbocycles. The summed E-state index contributed by atoms with van der Waals surface area (Å²) in [6, 6.07) is 7.76. The summed E-state index contributed by atoms with van der Waals surface area (Å²) in [7, 11) is -0.381. The van der Waals surface area contributed by atoms with E-state index in [9.17, 15) is 4.79 Å². The summed E-state index contributed by atoms with van der Waals surface area (Å²) in [4.78, 5) is 11.6. The van der Waals surface area contributed by atoms with Gasteiger partial charge in [0.1, 0.15) is 18.0 Å². The van der Waals surface area contributed by atoms with E-state index in [0.29, 0.717) is 99.1 Å². The van der Waals surface area contributed by atoms with Crippen molar-refractivity contribution in [3.63, 3.8) is 0 Å². The van der Waals surface area contributed by atoms with Crippen LogP contribution >= 0.6 is 0 Å². The maximum absolute atomic E-state index is 11.6. The van der Waals surface area contributed by atoms with E-state index in [0.717, 1.165) is 11.2 Å². The molecule has 1 aliphatic heterocycles. The monoisotopic (exact) mass is 656 g/mol. The van der Waals surface area contributed by atoms with Gasteiger partial charge in [-0.1, -0.05) is 12.1 Å². The summed E-state index contributed by atoms with van der Waals surface area (Å²) in [5.41, 5.74) is -0.234. The van der Waals surface area contributed by atoms with Gasteiger partial charge in [0.2, 0.25) is 0 Å². The Balaban J connectivity index is 1.27. The SMILES string of the molecule is CC(C)(C)OC(=O)CCOCCOCCOCCOCCOCCOCCOCCOc1ccc(B2OC(C)(C)C(C)(C)O2)cc1. The molecule has 0 aromatic heterocycles. The Morgan fingerprint density at radius 3 is 1.30 bits per heavy atom. The van der Waals surface area contributed by atoms with Crippen LogP contribution in [0.15, 0.2) is 24.3 Å². The van der Waals surface area contributed by atoms with Crippen LogP contribution in [0, 0.1) is 0 Å². The zero-order valence-corrected chi connectivity index (χ0v) is 29.1. The summed E-state index contributed by atoms with van der Waals surface area (Å²) < 4.78 is 61.5. The molecular weight excluding hydrogens is 599 g/mol. The molecule has 1 aromatic rings. The molecule has 0 saturated carbocycles. The summed E-state index contributed by atoms with van der Waals surface area (Å²) >= 11 is 0. The summed E-state index contributed by atoms with van der Waals surface area (Å²) in [6.07, 6.45) is 0.232. The molecule has 0 atom stereocenters. The van der Waals surface area contributed by atoms with Gasteiger partial charge in [0.25, 0.3) is 0 Å². The molecule has 0 unspecified atom stereocenters. The Morgan fingerprint density at radius 2 is 0.935 bits per heavy atom. The van der Waals surface area contributed by atoms with Gasteiger partial charge < -0.3 is 51.9 Å². The number of carbonyl (C=O) groups is 1. The smallest absolute Gasteiger partial charge is 0.491 e. The highest BCUT2D eigenvalue weighted by Crippen LogP contribution is 2.36. The second-order valence-electron chi connectivity index (χ2n) is 12.6. The largest absolute Gasteiger partial charge is 0.494 e. The van der Waals surface area contributed by atoms with E-state index in [1.165, 1.54) is 0 Å². The highest BCUT2D eigenvalue weighted by atomic mass is 16.7. The second kappa shape index (κ2) is 21.9. The van der Waals surface area contributed by atoms with Crippen molar-refractivity contribution in [2.45, 2.75) is 71.7 Å². The quantitative estimate of drug-likeness (QED) is 0.0828. The third kappa shape index (κ3) is 17.9. The molecule has 13 heteroatoms. The first-order valence-corrected chi connectivity index (χ1v) is 16.2. The molecule has 0 N–H and O–H groups in total. The molecule has 1 heterocycles. The van der Waals surface area contributed by atoms with Crippen LogP contribution in [0.25, 0.3) is 0 Å². The van der Waals surface area contributed by atoms with Crippen LogP contribution in [0.1, 0.15) is 54.9 Å². The van der Waals surface area contributed by atoms with Gasteiger partial charge >= 0.3 is 13.1 Å². The average molecular weight is 657 g/mol. The van der Waals surface area contributed by atoms with E-state index >= 15 is 0 Å². The lowest BCUT2D eigenvalue weighted by Crippen LogP contribution is -2.41. The summed E-state index contributed by atoms with van der Waals surface area (Å²) in [5.74, 6) is 0.506. The highest BCUT2D eigenvalue weighted by molar-refractivity contribution is 6.62. The minimum atomic E-state index is -0.474. The first-order chi connectivity index (χ1) is 21.9. The van der Waals surface area contributed by atoms with Crippen molar-refractivity contribution < 1.29 is 56.7 Å². The molecule has 2 rings (SSSR count). The number of carbonyl (C=O) groups excluding carboxylic acids is 1. The van der Waals surface area contributed by atoms with Crippen LogP contribution in [-0.4, -0.2) is 129 Å². The van der Waals surface area contributed by atoms with Crippen molar-refractivity contribution in [1.29, 1.82) is 0 Å². The van der Waals surface area contributed by atoms with Gasteiger partial charge in [-0.15, -0.1) is 0 Å². The minimum absolute atomic E-state index is 0.232. The molecule has 0 spiro atoms. The van der Waals surface area contributed by atoms with Gasteiger partial charge in [0.05, 0.1) is 110 Å². The van der Waals surface area contributed by atoms with E-state index in [4.69, 9.17) is 51.9 Å². The standard InChI is InChI=1S/C33H57BO12/c1-31(2,3)44-30(35)12-13-36-14-15-37-16-17-38-18-19-39-20-21-40-22-23-41-24-25-42-26-27-43-29-10-8-28(9-11-29)34-45-32(4,5)33(6,7)46-34/h8-11H,12-27H2,1-7H3. The first kappa shape index (κ1) is 40.4. The average Bonchev–Trinajstić information content (AvgIpc) is 3.20. The fourth-order valence-electron chi connectivity index (χ4n) is 3.89. The van der Waals surface area contributed by atoms with Crippen LogP contribution in [0.3, 0.4) is 0 Å². The van der Waals surface area contributed by atoms with Crippen molar-refractivity contribution in [3.8, 4) is 5.75 Å². The Morgan fingerprint density at radius 1 is 0.587 bits per heavy atom. The van der Waals surface area contributed by atoms with Crippen molar-refractivity contribution in [1.82, 2.24) is 0 Å². The Hall–Kier alpha value is -1.81. The van der Waals surface area contributed by atoms with Crippen LogP contribution < -0.4 is 10.2 Å². The van der Waals surface area contributed by atoms with E-state index < -0.39 is 5.60 Å². The molecule has 0 amide bonds. The number of ether oxygens (including phenoxy) is 9. The van der Waals surface area contributed by atoms with Crippen LogP contribution in [-0.2, 0) is 52.0 Å². The Labute approximate surface area is 276 Å². The zero-order valence-electron chi connectivity index (χ0n) is 29.1. The molecule has 1 saturated heterocycles. The second-order valence-corrected chi connectivity index (χ2v) is 12.6. The normalized spacial score (nSPS) is 15.8. The number of hydrogen-bond acceptors (Lipinski definition) is 12. The highest BCUT2D eigenvalue weighted by Gasteiger charge is 2.51. The van der Waals surface area contributed by atoms with Gasteiger partial charge in [-0.2, -0.15) is 0 Å². The predicted octanol–water partition coefficient (Wildman–Crippen LogP) is 3.21. The van der Waals surface area contributed by atoms with Gasteiger partial charge in [0.15, 0.2) is 0 Å². The molecule has 46 heavy (non-hydrogen) atoms. The molecule has 1 aliphatic rings. The maximum atomic E-state index is 11.6. The van der Waals surface area contributed by atoms with Crippen molar-refractivity contribution >= 4 is 18.6 Å². The topological polar surface area (TPSA) is 119 Å². The fourth-order valence-corrected chi connectivity index (χ4v) is 3.89. The lowest BCUT2D eigenvalue weighted by atomic mass is 9.79. The van der Waals surface area contributed by atoms with Crippen molar-refractivity contribution in [3.05, 3.63) is 24.3 Å². The lowest BCUT2D eigenvalue weighted by Gasteiger charge is -2.32. The van der Waals surface area contributed by atoms with E-state index in [1.807, 2.05) is 72.7 Å². The van der Waals surface area contributed by atoms with Gasteiger partial charge in [-0.05, 0) is 66.1 Å². The number of benzene rings is 1. The van der Waals surface area contributed by atoms with Gasteiger partial charge in [0, 0.05) is 0 Å². The molecule has 12 nitrogen and oxygen atoms in total. The zero-order chi connectivity index (χ0) is 33.7. The third-order valence-corrected chi connectivity index (χ3v) is 7.00. The molecule has 0 bridgehead atoms. The number of rotatable bonds is 26. The molecule has 1 aromatic carbocycles. The van der Waals surface area contributed by atoms with Crippen LogP contribution in [0.4, 0.5) is 0 Å². The van der Waals surface area contributed by atoms with Crippen LogP contribution in [0.2, 0.25) is 0 Å². The van der Waals surface area contributed by atoms with Crippen molar-refractivity contribution in [2.24, 2.45) is 0 Å². The minimum Gasteiger partial charge on any atom is -0.491 e. The molecule has 264 valence electrons. The van der Waals surface area contributed by atoms with E-state index in [1.54, 1.807) is 0 Å². The summed E-state index contributed by atoms with van der Waals surface area (Å²) in [6.45, 7) is 20.7. The molecular formula is C33H57BO12. The van der Waals surface area contributed by atoms with Gasteiger partial charge in [-0.3, -0.25) is 4.79 Å². The fraction of sp³-hybridized carbons (Fsp3) is 0.788. The lowest BCUT2D eigenvalue weighted by molar-refractivity contribution is -0.156. The van der Waals surface area contributed by atoms with Gasteiger partial charge in [-0.25, -0.2) is 0 Å². The van der Waals surface area contributed by atoms with Crippen molar-refractivity contribution in [2.75, 3.05) is 99.1 Å². The number of hydrogen-bond donors (Lipinski definition) is 0. The Bertz CT molecular complexity index is 920. The third-order valence-electron chi connectivity index (χ3n) is 7.00. The molecule has 0 radical (unpaired) electrons. The van der Waals surface area contributed by atoms with E-state index in [2.05, 4.69) is 0 Å². The summed E-state index contributed by atoms with van der Waals surface area (Å²) in [5, 5.41) is 0. The number of esters is 1. The first-order valence-electron chi connectivity index (χ1n) is 16.2. The van der Waals surface area contributed by atoms with Crippen LogP contribution in [0.5, 0.6) is 5.75 Å². The predicted molar refractivity (Wildman–Crippen MR) is 174 cm³/mol. The molecule has 1 fully saturated rings. The Kier molecular flexibility index (Phi) is 19.3. The maximum Gasteiger partial charge on any atom is 0.494 e. The van der Waals surface area contributed by atoms with E-state index in [-0.39, 0.29) is 30.7 Å².